The summed E-state index contributed by atoms with van der Waals surface area (Å²) < 4.78 is 4.59. The van der Waals surface area contributed by atoms with Gasteiger partial charge >= 0.3 is 0 Å². The van der Waals surface area contributed by atoms with Crippen LogP contribution >= 0.6 is 21.6 Å². The fraction of sp³-hybridized carbons (Fsp3) is 0.0769. The van der Waals surface area contributed by atoms with Crippen LogP contribution in [0.3, 0.4) is 0 Å². The topological polar surface area (TPSA) is 9.86 Å². The van der Waals surface area contributed by atoms with Gasteiger partial charge in [-0.2, -0.15) is 0 Å². The Labute approximate surface area is 182 Å². The molecule has 0 aliphatic rings. The molecule has 4 aromatic carbocycles. The Balaban J connectivity index is 1.35. The SMILES string of the molecule is Cn1c2ccccc2c2ccc(SSc3ccc4c5ccccc5n(C)c4c3)cc21. The van der Waals surface area contributed by atoms with Crippen LogP contribution in [0.25, 0.3) is 43.6 Å². The van der Waals surface area contributed by atoms with Gasteiger partial charge in [-0.3, -0.25) is 0 Å². The van der Waals surface area contributed by atoms with Gasteiger partial charge in [0.1, 0.15) is 0 Å². The lowest BCUT2D eigenvalue weighted by Gasteiger charge is -2.05. The fourth-order valence-corrected chi connectivity index (χ4v) is 6.44. The number of aryl methyl sites for hydroxylation is 2. The molecule has 2 heterocycles. The molecule has 4 heteroatoms. The van der Waals surface area contributed by atoms with Crippen molar-refractivity contribution in [2.45, 2.75) is 9.79 Å². The molecule has 146 valence electrons. The van der Waals surface area contributed by atoms with Gasteiger partial charge < -0.3 is 9.13 Å². The van der Waals surface area contributed by atoms with E-state index in [0.29, 0.717) is 0 Å². The van der Waals surface area contributed by atoms with Crippen LogP contribution in [0.2, 0.25) is 0 Å². The highest BCUT2D eigenvalue weighted by Crippen LogP contribution is 2.41. The Morgan fingerprint density at radius 1 is 0.467 bits per heavy atom. The molecule has 0 saturated heterocycles. The number of rotatable bonds is 3. The third-order valence-electron chi connectivity index (χ3n) is 6.01. The molecule has 6 rings (SSSR count). The lowest BCUT2D eigenvalue weighted by Crippen LogP contribution is -1.86. The van der Waals surface area contributed by atoms with Gasteiger partial charge in [-0.25, -0.2) is 0 Å². The van der Waals surface area contributed by atoms with Crippen LogP contribution in [0.5, 0.6) is 0 Å². The second kappa shape index (κ2) is 6.86. The van der Waals surface area contributed by atoms with Gasteiger partial charge in [0.25, 0.3) is 0 Å². The molecule has 0 bridgehead atoms. The molecule has 0 fully saturated rings. The third-order valence-corrected chi connectivity index (χ3v) is 8.39. The Bertz CT molecular complexity index is 1450. The van der Waals surface area contributed by atoms with E-state index < -0.39 is 0 Å². The number of aromatic nitrogens is 2. The van der Waals surface area contributed by atoms with Crippen LogP contribution < -0.4 is 0 Å². The maximum atomic E-state index is 2.31. The normalized spacial score (nSPS) is 11.9. The van der Waals surface area contributed by atoms with Gasteiger partial charge in [-0.1, -0.05) is 70.1 Å². The van der Waals surface area contributed by atoms with Crippen molar-refractivity contribution in [1.82, 2.24) is 9.13 Å². The minimum absolute atomic E-state index is 1.27. The van der Waals surface area contributed by atoms with Gasteiger partial charge in [-0.15, -0.1) is 0 Å². The van der Waals surface area contributed by atoms with Gasteiger partial charge in [0.15, 0.2) is 0 Å². The zero-order valence-electron chi connectivity index (χ0n) is 16.8. The highest BCUT2D eigenvalue weighted by atomic mass is 33.1. The molecule has 0 amide bonds. The first kappa shape index (κ1) is 18.0. The van der Waals surface area contributed by atoms with Crippen LogP contribution in [0.4, 0.5) is 0 Å². The Kier molecular flexibility index (Phi) is 4.12. The van der Waals surface area contributed by atoms with Crippen LogP contribution in [-0.4, -0.2) is 9.13 Å². The molecule has 2 aromatic heterocycles. The zero-order valence-corrected chi connectivity index (χ0v) is 18.4. The highest BCUT2D eigenvalue weighted by molar-refractivity contribution is 8.76. The highest BCUT2D eigenvalue weighted by Gasteiger charge is 2.11. The lowest BCUT2D eigenvalue weighted by molar-refractivity contribution is 1.01. The quantitative estimate of drug-likeness (QED) is 0.268. The molecule has 0 N–H and O–H groups in total. The summed E-state index contributed by atoms with van der Waals surface area (Å²) >= 11 is 0. The van der Waals surface area contributed by atoms with Crippen LogP contribution in [0.1, 0.15) is 0 Å². The second-order valence-electron chi connectivity index (χ2n) is 7.68. The number of para-hydroxylation sites is 2. The van der Waals surface area contributed by atoms with Crippen molar-refractivity contribution >= 4 is 65.2 Å². The summed E-state index contributed by atoms with van der Waals surface area (Å²) in [5.41, 5.74) is 5.13. The molecule has 0 unspecified atom stereocenters. The molecule has 0 spiro atoms. The van der Waals surface area contributed by atoms with E-state index in [9.17, 15) is 0 Å². The van der Waals surface area contributed by atoms with E-state index in [-0.39, 0.29) is 0 Å². The van der Waals surface area contributed by atoms with E-state index in [1.807, 2.05) is 21.6 Å². The van der Waals surface area contributed by atoms with Crippen molar-refractivity contribution < 1.29 is 0 Å². The second-order valence-corrected chi connectivity index (χ2v) is 9.95. The monoisotopic (exact) mass is 424 g/mol. The Morgan fingerprint density at radius 2 is 0.867 bits per heavy atom. The maximum Gasteiger partial charge on any atom is 0.0500 e. The summed E-state index contributed by atoms with van der Waals surface area (Å²) in [5.74, 6) is 0. The average Bonchev–Trinajstić information content (AvgIpc) is 3.24. The van der Waals surface area contributed by atoms with Gasteiger partial charge in [0.2, 0.25) is 0 Å². The summed E-state index contributed by atoms with van der Waals surface area (Å²) in [6, 6.07) is 30.8. The van der Waals surface area contributed by atoms with Crippen molar-refractivity contribution in [2.75, 3.05) is 0 Å². The summed E-state index contributed by atoms with van der Waals surface area (Å²) in [5, 5.41) is 5.28. The van der Waals surface area contributed by atoms with E-state index in [1.54, 1.807) is 0 Å². The molecular formula is C26H20N2S2. The Hall–Kier alpha value is -2.82. The number of hydrogen-bond donors (Lipinski definition) is 0. The molecule has 0 saturated carbocycles. The van der Waals surface area contributed by atoms with Crippen LogP contribution in [0.15, 0.2) is 94.7 Å². The summed E-state index contributed by atoms with van der Waals surface area (Å²) in [6.45, 7) is 0. The number of benzene rings is 4. The van der Waals surface area contributed by atoms with E-state index in [4.69, 9.17) is 0 Å². The van der Waals surface area contributed by atoms with Crippen molar-refractivity contribution in [2.24, 2.45) is 14.1 Å². The standard InChI is InChI=1S/C26H20N2S2/c1-27-23-9-5-3-7-19(23)21-13-11-17(15-25(21)27)29-30-18-12-14-22-20-8-4-6-10-24(20)28(2)26(22)16-18/h3-16H,1-2H3. The molecule has 6 aromatic rings. The molecule has 2 nitrogen and oxygen atoms in total. The smallest absolute Gasteiger partial charge is 0.0500 e. The van der Waals surface area contributed by atoms with Crippen LogP contribution in [0, 0.1) is 0 Å². The summed E-state index contributed by atoms with van der Waals surface area (Å²) in [7, 11) is 7.95. The number of hydrogen-bond acceptors (Lipinski definition) is 2. The fourth-order valence-electron chi connectivity index (χ4n) is 4.48. The van der Waals surface area contributed by atoms with E-state index in [2.05, 4.69) is 108 Å². The predicted octanol–water partition coefficient (Wildman–Crippen LogP) is 7.78. The van der Waals surface area contributed by atoms with Crippen molar-refractivity contribution in [3.63, 3.8) is 0 Å². The van der Waals surface area contributed by atoms with E-state index >= 15 is 0 Å². The van der Waals surface area contributed by atoms with Crippen LogP contribution in [-0.2, 0) is 14.1 Å². The number of nitrogens with zero attached hydrogens (tertiary/aromatic N) is 2. The zero-order chi connectivity index (χ0) is 20.2. The van der Waals surface area contributed by atoms with Crippen molar-refractivity contribution in [3.05, 3.63) is 84.9 Å². The third kappa shape index (κ3) is 2.68. The minimum Gasteiger partial charge on any atom is -0.344 e. The van der Waals surface area contributed by atoms with E-state index in [1.165, 1.54) is 53.4 Å². The summed E-state index contributed by atoms with van der Waals surface area (Å²) in [6.07, 6.45) is 0. The molecular weight excluding hydrogens is 404 g/mol. The first-order valence-electron chi connectivity index (χ1n) is 9.99. The van der Waals surface area contributed by atoms with Crippen molar-refractivity contribution in [1.29, 1.82) is 0 Å². The summed E-state index contributed by atoms with van der Waals surface area (Å²) in [4.78, 5) is 2.55. The predicted molar refractivity (Wildman–Crippen MR) is 133 cm³/mol. The molecule has 0 aliphatic heterocycles. The van der Waals surface area contributed by atoms with Gasteiger partial charge in [0, 0.05) is 67.5 Å². The molecule has 0 atom stereocenters. The van der Waals surface area contributed by atoms with E-state index in [0.717, 1.165) is 0 Å². The first-order valence-corrected chi connectivity index (χ1v) is 12.1. The van der Waals surface area contributed by atoms with Crippen molar-refractivity contribution in [3.8, 4) is 0 Å². The molecule has 30 heavy (non-hydrogen) atoms. The first-order chi connectivity index (χ1) is 14.7. The number of fused-ring (bicyclic) bond motifs is 6. The lowest BCUT2D eigenvalue weighted by atomic mass is 10.2. The van der Waals surface area contributed by atoms with Gasteiger partial charge in [-0.05, 0) is 36.4 Å². The maximum absolute atomic E-state index is 2.31. The molecule has 0 radical (unpaired) electrons. The van der Waals surface area contributed by atoms with Gasteiger partial charge in [0.05, 0.1) is 0 Å². The largest absolute Gasteiger partial charge is 0.344 e. The Morgan fingerprint density at radius 3 is 1.33 bits per heavy atom. The minimum atomic E-state index is 1.27. The molecule has 0 aliphatic carbocycles. The average molecular weight is 425 g/mol.